The minimum absolute atomic E-state index is 0.399. The summed E-state index contributed by atoms with van der Waals surface area (Å²) in [6.07, 6.45) is 4.11. The van der Waals surface area contributed by atoms with Gasteiger partial charge in [0.25, 0.3) is 0 Å². The van der Waals surface area contributed by atoms with Gasteiger partial charge in [0.15, 0.2) is 0 Å². The molecule has 0 fully saturated rings. The molecule has 0 saturated heterocycles. The first-order valence-electron chi connectivity index (χ1n) is 5.27. The van der Waals surface area contributed by atoms with E-state index in [0.717, 1.165) is 12.1 Å². The molecule has 0 amide bonds. The Morgan fingerprint density at radius 1 is 1.12 bits per heavy atom. The molecule has 0 N–H and O–H groups in total. The molecule has 0 saturated carbocycles. The smallest absolute Gasteiger partial charge is 0.150 e. The van der Waals surface area contributed by atoms with Crippen molar-refractivity contribution >= 4 is 11.6 Å². The van der Waals surface area contributed by atoms with E-state index in [1.807, 2.05) is 18.2 Å². The summed E-state index contributed by atoms with van der Waals surface area (Å²) in [5, 5.41) is 0.505. The van der Waals surface area contributed by atoms with Crippen LogP contribution in [0, 0.1) is 0 Å². The van der Waals surface area contributed by atoms with Crippen LogP contribution in [0.25, 0.3) is 0 Å². The third-order valence-electron chi connectivity index (χ3n) is 2.59. The molecule has 1 unspecified atom stereocenters. The zero-order chi connectivity index (χ0) is 11.4. The van der Waals surface area contributed by atoms with Crippen LogP contribution < -0.4 is 0 Å². The first-order chi connectivity index (χ1) is 7.77. The molecular weight excluding hydrogens is 220 g/mol. The fourth-order valence-electron chi connectivity index (χ4n) is 1.68. The molecular formula is C13H13ClN2. The predicted molar refractivity (Wildman–Crippen MR) is 65.6 cm³/mol. The lowest BCUT2D eigenvalue weighted by molar-refractivity contribution is 0.737. The standard InChI is InChI=1S/C13H13ClN2/c1-10(11-5-3-2-4-6-11)9-12-13(14)16-8-7-15-12/h2-8,10H,9H2,1H3. The monoisotopic (exact) mass is 232 g/mol. The molecule has 82 valence electrons. The van der Waals surface area contributed by atoms with Crippen LogP contribution >= 0.6 is 11.6 Å². The van der Waals surface area contributed by atoms with Crippen LogP contribution in [-0.2, 0) is 6.42 Å². The summed E-state index contributed by atoms with van der Waals surface area (Å²) in [6.45, 7) is 2.17. The van der Waals surface area contributed by atoms with E-state index in [1.54, 1.807) is 12.4 Å². The molecule has 2 aromatic rings. The molecule has 0 aliphatic rings. The van der Waals surface area contributed by atoms with Gasteiger partial charge in [-0.3, -0.25) is 4.98 Å². The fraction of sp³-hybridized carbons (Fsp3) is 0.231. The topological polar surface area (TPSA) is 25.8 Å². The molecule has 0 aliphatic heterocycles. The van der Waals surface area contributed by atoms with Gasteiger partial charge in [-0.25, -0.2) is 4.98 Å². The molecule has 0 radical (unpaired) electrons. The van der Waals surface area contributed by atoms with Crippen molar-refractivity contribution in [3.05, 3.63) is 59.1 Å². The molecule has 2 nitrogen and oxygen atoms in total. The molecule has 1 atom stereocenters. The van der Waals surface area contributed by atoms with Crippen molar-refractivity contribution in [2.24, 2.45) is 0 Å². The second-order valence-corrected chi connectivity index (χ2v) is 4.17. The van der Waals surface area contributed by atoms with Crippen LogP contribution in [0.15, 0.2) is 42.7 Å². The Balaban J connectivity index is 2.14. The zero-order valence-electron chi connectivity index (χ0n) is 9.10. The Morgan fingerprint density at radius 2 is 1.81 bits per heavy atom. The van der Waals surface area contributed by atoms with Crippen molar-refractivity contribution in [3.8, 4) is 0 Å². The number of benzene rings is 1. The van der Waals surface area contributed by atoms with E-state index in [9.17, 15) is 0 Å². The van der Waals surface area contributed by atoms with Crippen LogP contribution in [0.5, 0.6) is 0 Å². The lowest BCUT2D eigenvalue weighted by Crippen LogP contribution is -2.01. The first kappa shape index (κ1) is 11.1. The van der Waals surface area contributed by atoms with Gasteiger partial charge in [0, 0.05) is 12.4 Å². The summed E-state index contributed by atoms with van der Waals surface area (Å²) in [7, 11) is 0. The van der Waals surface area contributed by atoms with Crippen molar-refractivity contribution in [2.75, 3.05) is 0 Å². The van der Waals surface area contributed by atoms with E-state index in [0.29, 0.717) is 11.1 Å². The second kappa shape index (κ2) is 5.08. The largest absolute Gasteiger partial charge is 0.256 e. The molecule has 1 aromatic carbocycles. The van der Waals surface area contributed by atoms with Crippen molar-refractivity contribution in [1.82, 2.24) is 9.97 Å². The van der Waals surface area contributed by atoms with E-state index in [1.165, 1.54) is 5.56 Å². The van der Waals surface area contributed by atoms with E-state index in [4.69, 9.17) is 11.6 Å². The Labute approximate surface area is 100 Å². The Morgan fingerprint density at radius 3 is 2.50 bits per heavy atom. The molecule has 1 aromatic heterocycles. The molecule has 0 spiro atoms. The van der Waals surface area contributed by atoms with Crippen molar-refractivity contribution in [2.45, 2.75) is 19.3 Å². The summed E-state index contributed by atoms with van der Waals surface area (Å²) in [4.78, 5) is 8.28. The third-order valence-corrected chi connectivity index (χ3v) is 2.91. The highest BCUT2D eigenvalue weighted by atomic mass is 35.5. The Hall–Kier alpha value is -1.41. The quantitative estimate of drug-likeness (QED) is 0.810. The van der Waals surface area contributed by atoms with Gasteiger partial charge in [-0.1, -0.05) is 48.9 Å². The molecule has 3 heteroatoms. The fourth-order valence-corrected chi connectivity index (χ4v) is 1.86. The zero-order valence-corrected chi connectivity index (χ0v) is 9.85. The summed E-state index contributed by atoms with van der Waals surface area (Å²) in [6, 6.07) is 10.4. The minimum atomic E-state index is 0.399. The van der Waals surface area contributed by atoms with Gasteiger partial charge in [-0.2, -0.15) is 0 Å². The maximum absolute atomic E-state index is 5.98. The van der Waals surface area contributed by atoms with Crippen molar-refractivity contribution in [3.63, 3.8) is 0 Å². The minimum Gasteiger partial charge on any atom is -0.256 e. The van der Waals surface area contributed by atoms with Crippen LogP contribution in [0.2, 0.25) is 5.15 Å². The number of aromatic nitrogens is 2. The number of rotatable bonds is 3. The Bertz CT molecular complexity index is 456. The highest BCUT2D eigenvalue weighted by Gasteiger charge is 2.10. The second-order valence-electron chi connectivity index (χ2n) is 3.81. The summed E-state index contributed by atoms with van der Waals surface area (Å²) < 4.78 is 0. The summed E-state index contributed by atoms with van der Waals surface area (Å²) >= 11 is 5.98. The number of hydrogen-bond donors (Lipinski definition) is 0. The van der Waals surface area contributed by atoms with Gasteiger partial charge >= 0.3 is 0 Å². The lowest BCUT2D eigenvalue weighted by Gasteiger charge is -2.11. The van der Waals surface area contributed by atoms with Crippen LogP contribution in [-0.4, -0.2) is 9.97 Å². The number of nitrogens with zero attached hydrogens (tertiary/aromatic N) is 2. The SMILES string of the molecule is CC(Cc1nccnc1Cl)c1ccccc1. The predicted octanol–water partition coefficient (Wildman–Crippen LogP) is 3.48. The maximum atomic E-state index is 5.98. The Kier molecular flexibility index (Phi) is 3.52. The molecule has 0 aliphatic carbocycles. The molecule has 0 bridgehead atoms. The van der Waals surface area contributed by atoms with Crippen LogP contribution in [0.1, 0.15) is 24.1 Å². The van der Waals surface area contributed by atoms with Gasteiger partial charge in [0.1, 0.15) is 5.15 Å². The van der Waals surface area contributed by atoms with E-state index in [2.05, 4.69) is 29.0 Å². The maximum Gasteiger partial charge on any atom is 0.150 e. The van der Waals surface area contributed by atoms with Gasteiger partial charge in [0.2, 0.25) is 0 Å². The number of hydrogen-bond acceptors (Lipinski definition) is 2. The first-order valence-corrected chi connectivity index (χ1v) is 5.65. The molecule has 1 heterocycles. The summed E-state index contributed by atoms with van der Waals surface area (Å²) in [5.74, 6) is 0.399. The van der Waals surface area contributed by atoms with E-state index in [-0.39, 0.29) is 0 Å². The van der Waals surface area contributed by atoms with E-state index >= 15 is 0 Å². The summed E-state index contributed by atoms with van der Waals surface area (Å²) in [5.41, 5.74) is 2.16. The highest BCUT2D eigenvalue weighted by Crippen LogP contribution is 2.21. The average molecular weight is 233 g/mol. The van der Waals surface area contributed by atoms with Gasteiger partial charge < -0.3 is 0 Å². The van der Waals surface area contributed by atoms with Crippen molar-refractivity contribution < 1.29 is 0 Å². The van der Waals surface area contributed by atoms with Crippen LogP contribution in [0.4, 0.5) is 0 Å². The van der Waals surface area contributed by atoms with Crippen LogP contribution in [0.3, 0.4) is 0 Å². The van der Waals surface area contributed by atoms with Gasteiger partial charge in [-0.05, 0) is 17.9 Å². The normalized spacial score (nSPS) is 12.4. The third kappa shape index (κ3) is 2.58. The van der Waals surface area contributed by atoms with E-state index < -0.39 is 0 Å². The lowest BCUT2D eigenvalue weighted by atomic mass is 9.96. The van der Waals surface area contributed by atoms with Crippen molar-refractivity contribution in [1.29, 1.82) is 0 Å². The molecule has 16 heavy (non-hydrogen) atoms. The molecule has 2 rings (SSSR count). The highest BCUT2D eigenvalue weighted by molar-refractivity contribution is 6.29. The van der Waals surface area contributed by atoms with Gasteiger partial charge in [-0.15, -0.1) is 0 Å². The number of halogens is 1. The van der Waals surface area contributed by atoms with Gasteiger partial charge in [0.05, 0.1) is 5.69 Å². The average Bonchev–Trinajstić information content (AvgIpc) is 2.33.